The van der Waals surface area contributed by atoms with Crippen molar-refractivity contribution in [3.63, 3.8) is 0 Å². The van der Waals surface area contributed by atoms with Crippen molar-refractivity contribution in [1.82, 2.24) is 0 Å². The van der Waals surface area contributed by atoms with Crippen LogP contribution in [0, 0.1) is 0 Å². The molecule has 0 fully saturated rings. The largest absolute Gasteiger partial charge is 0.462 e. The molecule has 0 rings (SSSR count). The minimum atomic E-state index is -0.811. The maximum atomic E-state index is 12.8. The van der Waals surface area contributed by atoms with Crippen LogP contribution in [-0.2, 0) is 28.6 Å². The Bertz CT molecular complexity index is 1280. The maximum absolute atomic E-state index is 12.8. The second kappa shape index (κ2) is 51.0. The van der Waals surface area contributed by atoms with E-state index in [-0.39, 0.29) is 37.5 Å². The topological polar surface area (TPSA) is 78.9 Å². The summed E-state index contributed by atoms with van der Waals surface area (Å²) in [6.45, 7) is 6.33. The third kappa shape index (κ3) is 49.2. The molecular formula is C57H94O6. The lowest BCUT2D eigenvalue weighted by Crippen LogP contribution is -2.30. The van der Waals surface area contributed by atoms with E-state index in [1.54, 1.807) is 0 Å². The average molecular weight is 875 g/mol. The van der Waals surface area contributed by atoms with Crippen LogP contribution in [0.4, 0.5) is 0 Å². The van der Waals surface area contributed by atoms with Crippen LogP contribution in [0.5, 0.6) is 0 Å². The summed E-state index contributed by atoms with van der Waals surface area (Å²) in [5, 5.41) is 0. The van der Waals surface area contributed by atoms with Gasteiger partial charge in [0.05, 0.1) is 0 Å². The molecule has 0 saturated heterocycles. The van der Waals surface area contributed by atoms with Gasteiger partial charge in [-0.25, -0.2) is 0 Å². The lowest BCUT2D eigenvalue weighted by atomic mass is 10.0. The summed E-state index contributed by atoms with van der Waals surface area (Å²) in [6.07, 6.45) is 66.8. The van der Waals surface area contributed by atoms with E-state index >= 15 is 0 Å². The smallest absolute Gasteiger partial charge is 0.306 e. The van der Waals surface area contributed by atoms with E-state index in [2.05, 4.69) is 118 Å². The molecule has 0 radical (unpaired) electrons. The summed E-state index contributed by atoms with van der Waals surface area (Å²) in [7, 11) is 0. The third-order valence-corrected chi connectivity index (χ3v) is 10.6. The predicted molar refractivity (Wildman–Crippen MR) is 270 cm³/mol. The standard InChI is InChI=1S/C57H94O6/c1-4-7-10-13-16-19-22-25-27-28-30-32-35-38-41-44-47-50-56(59)62-53-54(52-61-55(58)49-46-43-40-37-34-31-24-21-18-15-12-9-6-3)63-57(60)51-48-45-42-39-36-33-29-26-23-20-17-14-11-8-5-2/h7,9-10,12,16,18-19,21,25,27,30-32,34,38,41,54H,4-6,8,11,13-15,17,20,22-24,26,28-29,33,35-37,39-40,42-53H2,1-3H3/b10-7-,12-9-,19-16-,21-18-,27-25-,32-30-,34-31-,41-38-. The number of carbonyl (C=O) groups is 3. The van der Waals surface area contributed by atoms with Gasteiger partial charge >= 0.3 is 17.9 Å². The van der Waals surface area contributed by atoms with Crippen molar-refractivity contribution in [2.24, 2.45) is 0 Å². The van der Waals surface area contributed by atoms with Crippen molar-refractivity contribution in [3.8, 4) is 0 Å². The van der Waals surface area contributed by atoms with Gasteiger partial charge in [0.2, 0.25) is 0 Å². The first-order valence-corrected chi connectivity index (χ1v) is 25.7. The minimum Gasteiger partial charge on any atom is -0.462 e. The number of hydrogen-bond acceptors (Lipinski definition) is 6. The Morgan fingerprint density at radius 3 is 1.03 bits per heavy atom. The molecular weight excluding hydrogens is 781 g/mol. The molecule has 0 heterocycles. The van der Waals surface area contributed by atoms with Gasteiger partial charge in [-0.2, -0.15) is 0 Å². The zero-order valence-electron chi connectivity index (χ0n) is 40.8. The van der Waals surface area contributed by atoms with Gasteiger partial charge in [0.15, 0.2) is 6.10 Å². The molecule has 6 heteroatoms. The summed E-state index contributed by atoms with van der Waals surface area (Å²) in [6, 6.07) is 0. The summed E-state index contributed by atoms with van der Waals surface area (Å²) >= 11 is 0. The Morgan fingerprint density at radius 2 is 0.635 bits per heavy atom. The molecule has 1 unspecified atom stereocenters. The molecule has 0 saturated carbocycles. The van der Waals surface area contributed by atoms with Crippen LogP contribution in [-0.4, -0.2) is 37.2 Å². The summed E-state index contributed by atoms with van der Waals surface area (Å²) in [5.41, 5.74) is 0. The molecule has 358 valence electrons. The van der Waals surface area contributed by atoms with Crippen LogP contribution >= 0.6 is 0 Å². The first-order chi connectivity index (χ1) is 31.0. The Balaban J connectivity index is 4.51. The van der Waals surface area contributed by atoms with Gasteiger partial charge in [-0.15, -0.1) is 0 Å². The Hall–Kier alpha value is -3.67. The molecule has 0 aromatic rings. The Kier molecular flexibility index (Phi) is 48.0. The predicted octanol–water partition coefficient (Wildman–Crippen LogP) is 17.0. The van der Waals surface area contributed by atoms with E-state index in [1.165, 1.54) is 77.0 Å². The van der Waals surface area contributed by atoms with Crippen LogP contribution < -0.4 is 0 Å². The van der Waals surface area contributed by atoms with Crippen LogP contribution in [0.2, 0.25) is 0 Å². The van der Waals surface area contributed by atoms with Crippen molar-refractivity contribution >= 4 is 17.9 Å². The molecule has 0 spiro atoms. The van der Waals surface area contributed by atoms with Crippen molar-refractivity contribution < 1.29 is 28.6 Å². The lowest BCUT2D eigenvalue weighted by molar-refractivity contribution is -0.167. The van der Waals surface area contributed by atoms with E-state index in [4.69, 9.17) is 14.2 Å². The van der Waals surface area contributed by atoms with Gasteiger partial charge in [0, 0.05) is 19.3 Å². The quantitative estimate of drug-likeness (QED) is 0.0262. The molecule has 0 amide bonds. The first kappa shape index (κ1) is 59.3. The van der Waals surface area contributed by atoms with Gasteiger partial charge < -0.3 is 14.2 Å². The van der Waals surface area contributed by atoms with Crippen LogP contribution in [0.1, 0.15) is 226 Å². The molecule has 0 aromatic carbocycles. The molecule has 0 aliphatic rings. The van der Waals surface area contributed by atoms with E-state index in [0.29, 0.717) is 19.3 Å². The minimum absolute atomic E-state index is 0.110. The zero-order chi connectivity index (χ0) is 45.8. The molecule has 0 N–H and O–H groups in total. The monoisotopic (exact) mass is 875 g/mol. The number of hydrogen-bond donors (Lipinski definition) is 0. The number of unbranched alkanes of at least 4 members (excludes halogenated alkanes) is 18. The third-order valence-electron chi connectivity index (χ3n) is 10.6. The van der Waals surface area contributed by atoms with Crippen molar-refractivity contribution in [2.75, 3.05) is 13.2 Å². The second-order valence-corrected chi connectivity index (χ2v) is 16.7. The molecule has 6 nitrogen and oxygen atoms in total. The van der Waals surface area contributed by atoms with Crippen LogP contribution in [0.3, 0.4) is 0 Å². The molecule has 1 atom stereocenters. The van der Waals surface area contributed by atoms with Crippen molar-refractivity contribution in [2.45, 2.75) is 232 Å². The SMILES string of the molecule is CC/C=C\C/C=C\C/C=C\C/C=C\C/C=C\CCCC(=O)OCC(COC(=O)CCCCC/C=C\C/C=C\C/C=C\CC)OC(=O)CCCCCCCCCCCCCCCCC. The second-order valence-electron chi connectivity index (χ2n) is 16.7. The van der Waals surface area contributed by atoms with Crippen molar-refractivity contribution in [1.29, 1.82) is 0 Å². The van der Waals surface area contributed by atoms with Gasteiger partial charge in [-0.3, -0.25) is 14.4 Å². The lowest BCUT2D eigenvalue weighted by Gasteiger charge is -2.18. The van der Waals surface area contributed by atoms with Gasteiger partial charge in [-0.05, 0) is 89.9 Å². The molecule has 0 aliphatic heterocycles. The fourth-order valence-electron chi connectivity index (χ4n) is 6.79. The fourth-order valence-corrected chi connectivity index (χ4v) is 6.79. The van der Waals surface area contributed by atoms with E-state index < -0.39 is 6.10 Å². The Labute approximate surface area is 387 Å². The molecule has 0 bridgehead atoms. The highest BCUT2D eigenvalue weighted by molar-refractivity contribution is 5.71. The summed E-state index contributed by atoms with van der Waals surface area (Å²) in [5.74, 6) is -0.997. The number of allylic oxidation sites excluding steroid dienone is 16. The Morgan fingerprint density at radius 1 is 0.333 bits per heavy atom. The van der Waals surface area contributed by atoms with E-state index in [0.717, 1.165) is 103 Å². The number of ether oxygens (including phenoxy) is 3. The zero-order valence-corrected chi connectivity index (χ0v) is 40.8. The van der Waals surface area contributed by atoms with Gasteiger partial charge in [0.1, 0.15) is 13.2 Å². The van der Waals surface area contributed by atoms with Gasteiger partial charge in [0.25, 0.3) is 0 Å². The fraction of sp³-hybridized carbons (Fsp3) is 0.667. The average Bonchev–Trinajstić information content (AvgIpc) is 3.28. The summed E-state index contributed by atoms with van der Waals surface area (Å²) in [4.78, 5) is 37.9. The first-order valence-electron chi connectivity index (χ1n) is 25.7. The van der Waals surface area contributed by atoms with Gasteiger partial charge in [-0.1, -0.05) is 214 Å². The highest BCUT2D eigenvalue weighted by Crippen LogP contribution is 2.15. The summed E-state index contributed by atoms with van der Waals surface area (Å²) < 4.78 is 16.7. The van der Waals surface area contributed by atoms with Crippen molar-refractivity contribution in [3.05, 3.63) is 97.2 Å². The van der Waals surface area contributed by atoms with E-state index in [1.807, 2.05) is 0 Å². The number of carbonyl (C=O) groups excluding carboxylic acids is 3. The highest BCUT2D eigenvalue weighted by Gasteiger charge is 2.19. The van der Waals surface area contributed by atoms with Crippen LogP contribution in [0.15, 0.2) is 97.2 Å². The molecule has 0 aliphatic carbocycles. The molecule has 63 heavy (non-hydrogen) atoms. The maximum Gasteiger partial charge on any atom is 0.306 e. The van der Waals surface area contributed by atoms with E-state index in [9.17, 15) is 14.4 Å². The normalized spacial score (nSPS) is 12.9. The molecule has 0 aromatic heterocycles. The highest BCUT2D eigenvalue weighted by atomic mass is 16.6. The van der Waals surface area contributed by atoms with Crippen LogP contribution in [0.25, 0.3) is 0 Å². The number of esters is 3. The number of rotatable bonds is 45.